The van der Waals surface area contributed by atoms with E-state index in [0.717, 1.165) is 25.2 Å². The number of methoxy groups -OCH3 is 1. The number of rotatable bonds is 9. The van der Waals surface area contributed by atoms with Crippen molar-refractivity contribution in [1.82, 2.24) is 14.8 Å². The highest BCUT2D eigenvalue weighted by molar-refractivity contribution is 6.46. The minimum Gasteiger partial charge on any atom is -0.507 e. The Hall–Kier alpha value is -3.39. The second-order valence-corrected chi connectivity index (χ2v) is 8.40. The van der Waals surface area contributed by atoms with Crippen LogP contribution < -0.4 is 0 Å². The molecule has 1 fully saturated rings. The summed E-state index contributed by atoms with van der Waals surface area (Å²) in [6.45, 7) is 10.5. The van der Waals surface area contributed by atoms with Gasteiger partial charge in [0.05, 0.1) is 18.7 Å². The topological polar surface area (TPSA) is 103 Å². The SMILES string of the molecule is CCN(CC)CCCN1C(=O)C(=O)C(=C(O)c2c(C)[nH]c(C(=O)OC)c2C)[C@H]1c1ccccc1. The standard InChI is InChI=1S/C26H33N3O5/c1-6-28(7-2)14-11-15-29-22(18-12-9-8-10-13-18)20(24(31)25(29)32)23(30)19-16(3)21(26(33)34-5)27-17(19)4/h8-10,12-13,22,27,30H,6-7,11,14-15H2,1-5H3/t22-/m1/s1. The molecule has 1 aliphatic rings. The summed E-state index contributed by atoms with van der Waals surface area (Å²) in [7, 11) is 1.27. The number of hydrogen-bond acceptors (Lipinski definition) is 6. The van der Waals surface area contributed by atoms with Gasteiger partial charge in [0.15, 0.2) is 0 Å². The minimum atomic E-state index is -0.728. The Morgan fingerprint density at radius 2 is 1.79 bits per heavy atom. The van der Waals surface area contributed by atoms with E-state index in [9.17, 15) is 19.5 Å². The lowest BCUT2D eigenvalue weighted by Gasteiger charge is -2.26. The highest BCUT2D eigenvalue weighted by Crippen LogP contribution is 2.40. The molecule has 2 heterocycles. The number of ketones is 1. The average Bonchev–Trinajstić information content (AvgIpc) is 3.28. The van der Waals surface area contributed by atoms with Gasteiger partial charge in [-0.2, -0.15) is 0 Å². The van der Waals surface area contributed by atoms with Crippen LogP contribution in [0.1, 0.15) is 59.2 Å². The third-order valence-electron chi connectivity index (χ3n) is 6.49. The van der Waals surface area contributed by atoms with Gasteiger partial charge in [-0.25, -0.2) is 4.79 Å². The van der Waals surface area contributed by atoms with E-state index in [2.05, 4.69) is 23.7 Å². The van der Waals surface area contributed by atoms with Crippen LogP contribution in [0.5, 0.6) is 0 Å². The first kappa shape index (κ1) is 25.2. The molecule has 2 N–H and O–H groups in total. The van der Waals surface area contributed by atoms with Crippen LogP contribution in [0.3, 0.4) is 0 Å². The fraction of sp³-hybridized carbons (Fsp3) is 0.423. The molecule has 34 heavy (non-hydrogen) atoms. The Kier molecular flexibility index (Phi) is 7.94. The predicted octanol–water partition coefficient (Wildman–Crippen LogP) is 3.57. The summed E-state index contributed by atoms with van der Waals surface area (Å²) in [5.41, 5.74) is 2.27. The lowest BCUT2D eigenvalue weighted by atomic mass is 9.94. The minimum absolute atomic E-state index is 0.0284. The van der Waals surface area contributed by atoms with Gasteiger partial charge in [-0.3, -0.25) is 9.59 Å². The number of ether oxygens (including phenoxy) is 1. The fourth-order valence-corrected chi connectivity index (χ4v) is 4.64. The number of H-pyrrole nitrogens is 1. The molecule has 182 valence electrons. The van der Waals surface area contributed by atoms with Gasteiger partial charge in [-0.15, -0.1) is 0 Å². The number of carbonyl (C=O) groups is 3. The maximum atomic E-state index is 13.2. The molecule has 0 aliphatic carbocycles. The molecule has 8 nitrogen and oxygen atoms in total. The van der Waals surface area contributed by atoms with Gasteiger partial charge in [0.25, 0.3) is 11.7 Å². The Morgan fingerprint density at radius 1 is 1.15 bits per heavy atom. The Bertz CT molecular complexity index is 1100. The van der Waals surface area contributed by atoms with Gasteiger partial charge in [-0.1, -0.05) is 44.2 Å². The van der Waals surface area contributed by atoms with Crippen molar-refractivity contribution in [3.05, 3.63) is 64.0 Å². The van der Waals surface area contributed by atoms with Crippen LogP contribution in [-0.4, -0.2) is 70.8 Å². The van der Waals surface area contributed by atoms with Crippen LogP contribution in [0.2, 0.25) is 0 Å². The number of nitrogens with zero attached hydrogens (tertiary/aromatic N) is 2. The number of carbonyl (C=O) groups excluding carboxylic acids is 3. The predicted molar refractivity (Wildman–Crippen MR) is 129 cm³/mol. The quantitative estimate of drug-likeness (QED) is 0.253. The normalized spacial score (nSPS) is 17.6. The first-order valence-corrected chi connectivity index (χ1v) is 11.6. The highest BCUT2D eigenvalue weighted by Gasteiger charge is 2.46. The summed E-state index contributed by atoms with van der Waals surface area (Å²) in [6, 6.07) is 8.52. The number of aromatic amines is 1. The number of Topliss-reactive ketones (excluding diaryl/α,β-unsaturated/α-hetero) is 1. The molecule has 3 rings (SSSR count). The van der Waals surface area contributed by atoms with E-state index in [1.807, 2.05) is 30.3 Å². The van der Waals surface area contributed by atoms with Crippen LogP contribution in [0.15, 0.2) is 35.9 Å². The van der Waals surface area contributed by atoms with E-state index in [1.54, 1.807) is 18.7 Å². The molecule has 1 saturated heterocycles. The summed E-state index contributed by atoms with van der Waals surface area (Å²) in [5.74, 6) is -2.22. The summed E-state index contributed by atoms with van der Waals surface area (Å²) in [5, 5.41) is 11.4. The van der Waals surface area contributed by atoms with Crippen molar-refractivity contribution in [3.8, 4) is 0 Å². The van der Waals surface area contributed by atoms with Gasteiger partial charge < -0.3 is 24.6 Å². The van der Waals surface area contributed by atoms with E-state index in [0.29, 0.717) is 29.8 Å². The zero-order valence-corrected chi connectivity index (χ0v) is 20.5. The summed E-state index contributed by atoms with van der Waals surface area (Å²) < 4.78 is 4.82. The molecule has 1 aliphatic heterocycles. The molecule has 0 saturated carbocycles. The number of nitrogens with one attached hydrogen (secondary N) is 1. The van der Waals surface area contributed by atoms with Crippen molar-refractivity contribution < 1.29 is 24.2 Å². The summed E-state index contributed by atoms with van der Waals surface area (Å²) in [4.78, 5) is 45.2. The second-order valence-electron chi connectivity index (χ2n) is 8.40. The van der Waals surface area contributed by atoms with E-state index >= 15 is 0 Å². The lowest BCUT2D eigenvalue weighted by Crippen LogP contribution is -2.33. The Morgan fingerprint density at radius 3 is 2.38 bits per heavy atom. The van der Waals surface area contributed by atoms with Gasteiger partial charge in [0.1, 0.15) is 11.5 Å². The number of amides is 1. The molecule has 2 aromatic rings. The first-order chi connectivity index (χ1) is 16.3. The van der Waals surface area contributed by atoms with Gasteiger partial charge in [0, 0.05) is 17.8 Å². The Balaban J connectivity index is 2.09. The molecular formula is C26H33N3O5. The molecule has 8 heteroatoms. The second kappa shape index (κ2) is 10.7. The molecule has 1 amide bonds. The van der Waals surface area contributed by atoms with Crippen molar-refractivity contribution in [2.24, 2.45) is 0 Å². The number of benzene rings is 1. The van der Waals surface area contributed by atoms with Crippen molar-refractivity contribution in [2.45, 2.75) is 40.2 Å². The molecule has 1 aromatic heterocycles. The lowest BCUT2D eigenvalue weighted by molar-refractivity contribution is -0.140. The number of aliphatic hydroxyl groups excluding tert-OH is 1. The zero-order valence-electron chi connectivity index (χ0n) is 20.5. The first-order valence-electron chi connectivity index (χ1n) is 11.6. The number of esters is 1. The third kappa shape index (κ3) is 4.63. The molecule has 0 bridgehead atoms. The largest absolute Gasteiger partial charge is 0.507 e. The third-order valence-corrected chi connectivity index (χ3v) is 6.49. The maximum absolute atomic E-state index is 13.2. The van der Waals surface area contributed by atoms with E-state index in [-0.39, 0.29) is 17.0 Å². The maximum Gasteiger partial charge on any atom is 0.354 e. The number of aromatic nitrogens is 1. The van der Waals surface area contributed by atoms with Gasteiger partial charge in [-0.05, 0) is 51.0 Å². The van der Waals surface area contributed by atoms with Crippen molar-refractivity contribution in [2.75, 3.05) is 33.3 Å². The number of aryl methyl sites for hydroxylation is 1. The van der Waals surface area contributed by atoms with Crippen molar-refractivity contribution in [1.29, 1.82) is 0 Å². The van der Waals surface area contributed by atoms with Crippen LogP contribution in [0, 0.1) is 13.8 Å². The number of aliphatic hydroxyl groups is 1. The monoisotopic (exact) mass is 467 g/mol. The van der Waals surface area contributed by atoms with Crippen LogP contribution >= 0.6 is 0 Å². The smallest absolute Gasteiger partial charge is 0.354 e. The van der Waals surface area contributed by atoms with Crippen molar-refractivity contribution >= 4 is 23.4 Å². The van der Waals surface area contributed by atoms with E-state index in [4.69, 9.17) is 4.74 Å². The molecule has 0 spiro atoms. The van der Waals surface area contributed by atoms with Gasteiger partial charge in [0.2, 0.25) is 0 Å². The molecule has 1 atom stereocenters. The fourth-order valence-electron chi connectivity index (χ4n) is 4.64. The van der Waals surface area contributed by atoms with Crippen LogP contribution in [-0.2, 0) is 14.3 Å². The average molecular weight is 468 g/mol. The molecule has 0 unspecified atom stereocenters. The number of likely N-dealkylation sites (tertiary alicyclic amines) is 1. The van der Waals surface area contributed by atoms with Crippen molar-refractivity contribution in [3.63, 3.8) is 0 Å². The van der Waals surface area contributed by atoms with Crippen LogP contribution in [0.25, 0.3) is 5.76 Å². The van der Waals surface area contributed by atoms with Gasteiger partial charge >= 0.3 is 5.97 Å². The molecular weight excluding hydrogens is 434 g/mol. The summed E-state index contributed by atoms with van der Waals surface area (Å²) >= 11 is 0. The van der Waals surface area contributed by atoms with Crippen LogP contribution in [0.4, 0.5) is 0 Å². The zero-order chi connectivity index (χ0) is 25.0. The van der Waals surface area contributed by atoms with E-state index < -0.39 is 23.7 Å². The molecule has 1 aromatic carbocycles. The summed E-state index contributed by atoms with van der Waals surface area (Å²) in [6.07, 6.45) is 0.701. The highest BCUT2D eigenvalue weighted by atomic mass is 16.5. The Labute approximate surface area is 200 Å². The molecule has 0 radical (unpaired) electrons. The number of hydrogen-bond donors (Lipinski definition) is 2. The van der Waals surface area contributed by atoms with E-state index in [1.165, 1.54) is 7.11 Å².